The second-order valence-corrected chi connectivity index (χ2v) is 4.97. The van der Waals surface area contributed by atoms with Crippen molar-refractivity contribution in [2.75, 3.05) is 13.1 Å². The lowest BCUT2D eigenvalue weighted by atomic mass is 10.1. The first-order valence-electron chi connectivity index (χ1n) is 5.59. The van der Waals surface area contributed by atoms with E-state index in [1.165, 1.54) is 0 Å². The van der Waals surface area contributed by atoms with Crippen molar-refractivity contribution in [1.29, 1.82) is 0 Å². The number of nitrogens with zero attached hydrogens (tertiary/aromatic N) is 1. The van der Waals surface area contributed by atoms with E-state index in [0.29, 0.717) is 22.2 Å². The van der Waals surface area contributed by atoms with E-state index in [2.05, 4.69) is 0 Å². The Morgan fingerprint density at radius 3 is 2.82 bits per heavy atom. The highest BCUT2D eigenvalue weighted by Gasteiger charge is 2.28. The van der Waals surface area contributed by atoms with Crippen molar-refractivity contribution in [2.45, 2.75) is 18.9 Å². The molecule has 0 radical (unpaired) electrons. The summed E-state index contributed by atoms with van der Waals surface area (Å²) in [5, 5.41) is 0.862. The van der Waals surface area contributed by atoms with Gasteiger partial charge in [0.05, 0.1) is 10.0 Å². The number of nitrogens with two attached hydrogens (primary N) is 1. The van der Waals surface area contributed by atoms with Gasteiger partial charge in [-0.1, -0.05) is 23.2 Å². The molecule has 1 unspecified atom stereocenters. The van der Waals surface area contributed by atoms with Gasteiger partial charge >= 0.3 is 0 Å². The number of carbonyl (C=O) groups is 1. The molecule has 1 aromatic carbocycles. The number of carbonyl (C=O) groups excluding carboxylic acids is 1. The molecule has 5 heteroatoms. The van der Waals surface area contributed by atoms with Gasteiger partial charge in [0.25, 0.3) is 5.91 Å². The van der Waals surface area contributed by atoms with Gasteiger partial charge in [0, 0.05) is 24.7 Å². The van der Waals surface area contributed by atoms with Gasteiger partial charge in [0.2, 0.25) is 0 Å². The van der Waals surface area contributed by atoms with Gasteiger partial charge in [0.15, 0.2) is 0 Å². The predicted octanol–water partition coefficient (Wildman–Crippen LogP) is 2.56. The van der Waals surface area contributed by atoms with Crippen LogP contribution in [0.4, 0.5) is 0 Å². The van der Waals surface area contributed by atoms with Crippen molar-refractivity contribution in [3.8, 4) is 0 Å². The van der Waals surface area contributed by atoms with Crippen molar-refractivity contribution in [3.63, 3.8) is 0 Å². The maximum atomic E-state index is 12.2. The van der Waals surface area contributed by atoms with Crippen LogP contribution in [0.2, 0.25) is 10.0 Å². The van der Waals surface area contributed by atoms with E-state index in [1.54, 1.807) is 18.2 Å². The number of halogens is 2. The molecule has 0 bridgehead atoms. The van der Waals surface area contributed by atoms with Crippen LogP contribution in [-0.4, -0.2) is 29.9 Å². The summed E-state index contributed by atoms with van der Waals surface area (Å²) in [6, 6.07) is 5.10. The lowest BCUT2D eigenvalue weighted by Gasteiger charge is -2.23. The zero-order valence-electron chi connectivity index (χ0n) is 9.33. The minimum Gasteiger partial charge on any atom is -0.334 e. The Morgan fingerprint density at radius 1 is 1.41 bits per heavy atom. The molecule has 2 N–H and O–H groups in total. The van der Waals surface area contributed by atoms with Crippen molar-refractivity contribution < 1.29 is 4.79 Å². The van der Waals surface area contributed by atoms with Gasteiger partial charge < -0.3 is 10.6 Å². The number of likely N-dealkylation sites (tertiary alicyclic amines) is 1. The molecule has 1 aliphatic heterocycles. The van der Waals surface area contributed by atoms with Crippen LogP contribution in [0.25, 0.3) is 0 Å². The third-order valence-corrected chi connectivity index (χ3v) is 3.82. The molecule has 3 nitrogen and oxygen atoms in total. The fraction of sp³-hybridized carbons (Fsp3) is 0.417. The Balaban J connectivity index is 2.21. The van der Waals surface area contributed by atoms with E-state index in [1.807, 2.05) is 4.90 Å². The van der Waals surface area contributed by atoms with Crippen molar-refractivity contribution in [1.82, 2.24) is 4.90 Å². The fourth-order valence-corrected chi connectivity index (χ4v) is 2.44. The van der Waals surface area contributed by atoms with E-state index in [4.69, 9.17) is 28.9 Å². The smallest absolute Gasteiger partial charge is 0.254 e. The second-order valence-electron chi connectivity index (χ2n) is 4.16. The number of hydrogen-bond acceptors (Lipinski definition) is 2. The largest absolute Gasteiger partial charge is 0.334 e. The highest BCUT2D eigenvalue weighted by atomic mass is 35.5. The third-order valence-electron chi connectivity index (χ3n) is 3.08. The van der Waals surface area contributed by atoms with Crippen molar-refractivity contribution in [3.05, 3.63) is 33.8 Å². The van der Waals surface area contributed by atoms with Crippen LogP contribution < -0.4 is 5.73 Å². The van der Waals surface area contributed by atoms with Gasteiger partial charge in [-0.3, -0.25) is 4.79 Å². The Kier molecular flexibility index (Phi) is 3.92. The quantitative estimate of drug-likeness (QED) is 0.900. The number of amides is 1. The molecule has 1 aromatic rings. The average molecular weight is 273 g/mol. The number of rotatable bonds is 2. The minimum absolute atomic E-state index is 0.0171. The van der Waals surface area contributed by atoms with Crippen LogP contribution in [-0.2, 0) is 0 Å². The molecular weight excluding hydrogens is 259 g/mol. The summed E-state index contributed by atoms with van der Waals surface area (Å²) in [6.07, 6.45) is 1.98. The molecule has 92 valence electrons. The fourth-order valence-electron chi connectivity index (χ4n) is 2.14. The van der Waals surface area contributed by atoms with Crippen molar-refractivity contribution in [2.24, 2.45) is 5.73 Å². The van der Waals surface area contributed by atoms with Crippen LogP contribution in [0.3, 0.4) is 0 Å². The lowest BCUT2D eigenvalue weighted by Crippen LogP contribution is -2.39. The maximum absolute atomic E-state index is 12.2. The molecule has 17 heavy (non-hydrogen) atoms. The Bertz CT molecular complexity index is 437. The van der Waals surface area contributed by atoms with Gasteiger partial charge in [-0.2, -0.15) is 0 Å². The Labute approximate surface area is 110 Å². The molecule has 0 saturated carbocycles. The number of hydrogen-bond donors (Lipinski definition) is 1. The van der Waals surface area contributed by atoms with E-state index in [9.17, 15) is 4.79 Å². The average Bonchev–Trinajstić information content (AvgIpc) is 2.80. The van der Waals surface area contributed by atoms with Crippen LogP contribution >= 0.6 is 23.2 Å². The van der Waals surface area contributed by atoms with Crippen LogP contribution in [0.15, 0.2) is 18.2 Å². The van der Waals surface area contributed by atoms with Gasteiger partial charge in [-0.15, -0.1) is 0 Å². The zero-order chi connectivity index (χ0) is 12.4. The highest BCUT2D eigenvalue weighted by molar-refractivity contribution is 6.42. The van der Waals surface area contributed by atoms with E-state index in [0.717, 1.165) is 19.4 Å². The first-order valence-corrected chi connectivity index (χ1v) is 6.35. The molecule has 0 aromatic heterocycles. The SMILES string of the molecule is NCC1CCCN1C(=O)c1ccc(Cl)c(Cl)c1. The maximum Gasteiger partial charge on any atom is 0.254 e. The summed E-state index contributed by atoms with van der Waals surface area (Å²) in [7, 11) is 0. The van der Waals surface area contributed by atoms with Crippen LogP contribution in [0, 0.1) is 0 Å². The Morgan fingerprint density at radius 2 is 2.18 bits per heavy atom. The predicted molar refractivity (Wildman–Crippen MR) is 69.6 cm³/mol. The van der Waals surface area contributed by atoms with Crippen molar-refractivity contribution >= 4 is 29.1 Å². The van der Waals surface area contributed by atoms with E-state index < -0.39 is 0 Å². The molecule has 1 fully saturated rings. The standard InChI is InChI=1S/C12H14Cl2N2O/c13-10-4-3-8(6-11(10)14)12(17)16-5-1-2-9(16)7-15/h3-4,6,9H,1-2,5,7,15H2. The van der Waals surface area contributed by atoms with Gasteiger partial charge in [0.1, 0.15) is 0 Å². The molecule has 0 aliphatic carbocycles. The van der Waals surface area contributed by atoms with Crippen LogP contribution in [0.1, 0.15) is 23.2 Å². The topological polar surface area (TPSA) is 46.3 Å². The monoisotopic (exact) mass is 272 g/mol. The van der Waals surface area contributed by atoms with Gasteiger partial charge in [-0.05, 0) is 31.0 Å². The summed E-state index contributed by atoms with van der Waals surface area (Å²) in [5.74, 6) is -0.0171. The van der Waals surface area contributed by atoms with Crippen LogP contribution in [0.5, 0.6) is 0 Å². The molecule has 2 rings (SSSR count). The molecule has 1 aliphatic rings. The summed E-state index contributed by atoms with van der Waals surface area (Å²) in [5.41, 5.74) is 6.22. The summed E-state index contributed by atoms with van der Waals surface area (Å²) in [4.78, 5) is 14.1. The number of benzene rings is 1. The molecule has 0 spiro atoms. The third kappa shape index (κ3) is 2.57. The van der Waals surface area contributed by atoms with E-state index >= 15 is 0 Å². The molecular formula is C12H14Cl2N2O. The highest BCUT2D eigenvalue weighted by Crippen LogP contribution is 2.25. The first kappa shape index (κ1) is 12.7. The minimum atomic E-state index is -0.0171. The first-order chi connectivity index (χ1) is 8.13. The molecule has 1 saturated heterocycles. The summed E-state index contributed by atoms with van der Waals surface area (Å²) >= 11 is 11.7. The molecule has 1 heterocycles. The molecule has 1 atom stereocenters. The second kappa shape index (κ2) is 5.25. The molecule has 1 amide bonds. The summed E-state index contributed by atoms with van der Waals surface area (Å²) in [6.45, 7) is 1.27. The zero-order valence-corrected chi connectivity index (χ0v) is 10.8. The van der Waals surface area contributed by atoms with Gasteiger partial charge in [-0.25, -0.2) is 0 Å². The van der Waals surface area contributed by atoms with E-state index in [-0.39, 0.29) is 11.9 Å². The lowest BCUT2D eigenvalue weighted by molar-refractivity contribution is 0.0741. The summed E-state index contributed by atoms with van der Waals surface area (Å²) < 4.78 is 0. The Hall–Kier alpha value is -0.770. The normalized spacial score (nSPS) is 19.7.